The molecule has 0 atom stereocenters. The summed E-state index contributed by atoms with van der Waals surface area (Å²) in [7, 11) is 2.23. The number of piperidine rings is 1. The van der Waals surface area contributed by atoms with Crippen molar-refractivity contribution in [2.75, 3.05) is 20.1 Å². The molecule has 1 saturated heterocycles. The van der Waals surface area contributed by atoms with Gasteiger partial charge in [-0.15, -0.1) is 0 Å². The fraction of sp³-hybridized carbons (Fsp3) is 0.750. The molecule has 0 bridgehead atoms. The predicted molar refractivity (Wildman–Crippen MR) is 72.4 cm³/mol. The van der Waals surface area contributed by atoms with E-state index in [9.17, 15) is 0 Å². The van der Waals surface area contributed by atoms with Crippen molar-refractivity contribution in [3.8, 4) is 0 Å². The summed E-state index contributed by atoms with van der Waals surface area (Å²) in [6.45, 7) is 2.56. The second kappa shape index (κ2) is 3.98. The summed E-state index contributed by atoms with van der Waals surface area (Å²) in [6, 6.07) is 0.673. The lowest BCUT2D eigenvalue weighted by Gasteiger charge is -2.51. The van der Waals surface area contributed by atoms with Gasteiger partial charge in [0.1, 0.15) is 0 Å². The van der Waals surface area contributed by atoms with Crippen LogP contribution in [0.3, 0.4) is 0 Å². The summed E-state index contributed by atoms with van der Waals surface area (Å²) in [5.74, 6) is 0. The van der Waals surface area contributed by atoms with Crippen molar-refractivity contribution in [2.45, 2.75) is 31.7 Å². The van der Waals surface area contributed by atoms with Crippen LogP contribution in [-0.4, -0.2) is 34.8 Å². The van der Waals surface area contributed by atoms with Crippen molar-refractivity contribution in [3.05, 3.63) is 16.0 Å². The van der Waals surface area contributed by atoms with E-state index >= 15 is 0 Å². The summed E-state index contributed by atoms with van der Waals surface area (Å²) >= 11 is 2.33. The van der Waals surface area contributed by atoms with Crippen LogP contribution in [0.25, 0.3) is 0 Å². The summed E-state index contributed by atoms with van der Waals surface area (Å²) in [6.07, 6.45) is 9.60. The highest BCUT2D eigenvalue weighted by molar-refractivity contribution is 14.1. The first-order chi connectivity index (χ1) is 7.67. The molecule has 0 unspecified atom stereocenters. The first-order valence-electron chi connectivity index (χ1n) is 6.05. The number of halogens is 1. The van der Waals surface area contributed by atoms with Gasteiger partial charge in [0.15, 0.2) is 0 Å². The van der Waals surface area contributed by atoms with Gasteiger partial charge >= 0.3 is 0 Å². The predicted octanol–water partition coefficient (Wildman–Crippen LogP) is 2.53. The van der Waals surface area contributed by atoms with Crippen molar-refractivity contribution in [3.63, 3.8) is 0 Å². The van der Waals surface area contributed by atoms with Gasteiger partial charge in [-0.25, -0.2) is 0 Å². The standard InChI is InChI=1S/C12H18IN3/c1-15-4-2-12(3-5-15)6-11(7-12)16-9-10(13)8-14-16/h8-9,11H,2-7H2,1H3. The number of aromatic nitrogens is 2. The molecule has 88 valence electrons. The molecule has 1 aliphatic heterocycles. The Bertz CT molecular complexity index is 371. The van der Waals surface area contributed by atoms with Gasteiger partial charge in [-0.2, -0.15) is 5.10 Å². The van der Waals surface area contributed by atoms with Crippen LogP contribution in [0.4, 0.5) is 0 Å². The molecule has 1 aromatic rings. The van der Waals surface area contributed by atoms with Crippen molar-refractivity contribution >= 4 is 22.6 Å². The van der Waals surface area contributed by atoms with E-state index in [1.807, 2.05) is 6.20 Å². The fourth-order valence-electron chi connectivity index (χ4n) is 3.14. The molecular formula is C12H18IN3. The summed E-state index contributed by atoms with van der Waals surface area (Å²) in [4.78, 5) is 2.45. The lowest BCUT2D eigenvalue weighted by atomic mass is 9.60. The zero-order valence-corrected chi connectivity index (χ0v) is 11.9. The van der Waals surface area contributed by atoms with Gasteiger partial charge in [0.2, 0.25) is 0 Å². The molecule has 1 saturated carbocycles. The van der Waals surface area contributed by atoms with E-state index in [4.69, 9.17) is 0 Å². The molecule has 0 amide bonds. The highest BCUT2D eigenvalue weighted by atomic mass is 127. The Hall–Kier alpha value is -0.100. The molecule has 3 nitrogen and oxygen atoms in total. The van der Waals surface area contributed by atoms with E-state index < -0.39 is 0 Å². The lowest BCUT2D eigenvalue weighted by molar-refractivity contribution is -0.00500. The van der Waals surface area contributed by atoms with Gasteiger partial charge in [-0.3, -0.25) is 4.68 Å². The van der Waals surface area contributed by atoms with Crippen molar-refractivity contribution < 1.29 is 0 Å². The van der Waals surface area contributed by atoms with Crippen LogP contribution in [-0.2, 0) is 0 Å². The molecule has 0 radical (unpaired) electrons. The van der Waals surface area contributed by atoms with Crippen LogP contribution >= 0.6 is 22.6 Å². The average molecular weight is 331 g/mol. The normalized spacial score (nSPS) is 25.9. The van der Waals surface area contributed by atoms with Crippen LogP contribution in [0.5, 0.6) is 0 Å². The maximum atomic E-state index is 4.43. The molecule has 0 aromatic carbocycles. The third kappa shape index (κ3) is 1.90. The van der Waals surface area contributed by atoms with Crippen LogP contribution in [0.2, 0.25) is 0 Å². The number of nitrogens with zero attached hydrogens (tertiary/aromatic N) is 3. The maximum Gasteiger partial charge on any atom is 0.0623 e. The fourth-order valence-corrected chi connectivity index (χ4v) is 3.55. The Morgan fingerprint density at radius 3 is 2.62 bits per heavy atom. The van der Waals surface area contributed by atoms with Gasteiger partial charge in [-0.1, -0.05) is 0 Å². The summed E-state index contributed by atoms with van der Waals surface area (Å²) in [5.41, 5.74) is 0.661. The number of rotatable bonds is 1. The van der Waals surface area contributed by atoms with E-state index in [2.05, 4.69) is 50.5 Å². The third-order valence-electron chi connectivity index (χ3n) is 4.33. The highest BCUT2D eigenvalue weighted by Gasteiger charge is 2.46. The molecule has 1 aliphatic carbocycles. The molecule has 0 N–H and O–H groups in total. The van der Waals surface area contributed by atoms with Crippen molar-refractivity contribution in [1.29, 1.82) is 0 Å². The van der Waals surface area contributed by atoms with E-state index in [1.165, 1.54) is 42.3 Å². The van der Waals surface area contributed by atoms with Crippen LogP contribution in [0.15, 0.2) is 12.4 Å². The summed E-state index contributed by atoms with van der Waals surface area (Å²) in [5, 5.41) is 4.43. The zero-order chi connectivity index (χ0) is 11.2. The molecule has 2 fully saturated rings. The van der Waals surface area contributed by atoms with Crippen LogP contribution < -0.4 is 0 Å². The van der Waals surface area contributed by atoms with E-state index in [-0.39, 0.29) is 0 Å². The minimum atomic E-state index is 0.661. The molecule has 2 heterocycles. The first kappa shape index (κ1) is 11.0. The molecule has 4 heteroatoms. The molecule has 1 spiro atoms. The Balaban J connectivity index is 1.62. The minimum absolute atomic E-state index is 0.661. The van der Waals surface area contributed by atoms with E-state index in [0.29, 0.717) is 11.5 Å². The monoisotopic (exact) mass is 331 g/mol. The van der Waals surface area contributed by atoms with Crippen molar-refractivity contribution in [1.82, 2.24) is 14.7 Å². The van der Waals surface area contributed by atoms with E-state index in [0.717, 1.165) is 0 Å². The van der Waals surface area contributed by atoms with Gasteiger partial charge in [0, 0.05) is 6.20 Å². The second-order valence-electron chi connectivity index (χ2n) is 5.50. The van der Waals surface area contributed by atoms with Gasteiger partial charge in [-0.05, 0) is 73.8 Å². The minimum Gasteiger partial charge on any atom is -0.306 e. The molecule has 16 heavy (non-hydrogen) atoms. The van der Waals surface area contributed by atoms with Crippen molar-refractivity contribution in [2.24, 2.45) is 5.41 Å². The van der Waals surface area contributed by atoms with Gasteiger partial charge in [0.05, 0.1) is 15.8 Å². The molecular weight excluding hydrogens is 313 g/mol. The molecule has 3 rings (SSSR count). The van der Waals surface area contributed by atoms with Gasteiger partial charge in [0.25, 0.3) is 0 Å². The third-order valence-corrected chi connectivity index (χ3v) is 4.89. The zero-order valence-electron chi connectivity index (χ0n) is 9.69. The van der Waals surface area contributed by atoms with Crippen LogP contribution in [0.1, 0.15) is 31.7 Å². The quantitative estimate of drug-likeness (QED) is 0.738. The smallest absolute Gasteiger partial charge is 0.0623 e. The highest BCUT2D eigenvalue weighted by Crippen LogP contribution is 2.54. The Morgan fingerprint density at radius 2 is 2.06 bits per heavy atom. The number of likely N-dealkylation sites (tertiary alicyclic amines) is 1. The largest absolute Gasteiger partial charge is 0.306 e. The summed E-state index contributed by atoms with van der Waals surface area (Å²) < 4.78 is 3.42. The SMILES string of the molecule is CN1CCC2(CC1)CC(n1cc(I)cn1)C2. The number of hydrogen-bond acceptors (Lipinski definition) is 2. The van der Waals surface area contributed by atoms with Gasteiger partial charge < -0.3 is 4.90 Å². The molecule has 2 aliphatic rings. The maximum absolute atomic E-state index is 4.43. The molecule has 1 aromatic heterocycles. The number of hydrogen-bond donors (Lipinski definition) is 0. The Labute approximate surface area is 110 Å². The van der Waals surface area contributed by atoms with E-state index in [1.54, 1.807) is 0 Å². The Kier molecular flexibility index (Phi) is 2.74. The van der Waals surface area contributed by atoms with Crippen LogP contribution in [0, 0.1) is 8.99 Å². The average Bonchev–Trinajstić information content (AvgIpc) is 2.63. The topological polar surface area (TPSA) is 21.1 Å². The first-order valence-corrected chi connectivity index (χ1v) is 7.13. The second-order valence-corrected chi connectivity index (χ2v) is 6.75. The lowest BCUT2D eigenvalue weighted by Crippen LogP contribution is -2.46. The Morgan fingerprint density at radius 1 is 1.38 bits per heavy atom.